The number of thiophene rings is 1. The van der Waals surface area contributed by atoms with E-state index in [2.05, 4.69) is 0 Å². The van der Waals surface area contributed by atoms with Gasteiger partial charge in [-0.2, -0.15) is 0 Å². The third-order valence-electron chi connectivity index (χ3n) is 4.23. The van der Waals surface area contributed by atoms with E-state index in [4.69, 9.17) is 37.7 Å². The summed E-state index contributed by atoms with van der Waals surface area (Å²) < 4.78 is 16.5. The molecule has 3 heterocycles. The highest BCUT2D eigenvalue weighted by Gasteiger charge is 2.32. The lowest BCUT2D eigenvalue weighted by Crippen LogP contribution is -2.27. The van der Waals surface area contributed by atoms with E-state index in [0.29, 0.717) is 25.4 Å². The summed E-state index contributed by atoms with van der Waals surface area (Å²) in [7, 11) is 1.45. The largest absolute Gasteiger partial charge is 0.493 e. The highest BCUT2D eigenvalue weighted by atomic mass is 35.5. The summed E-state index contributed by atoms with van der Waals surface area (Å²) in [5.74, 6) is 0.274. The number of thiocarbonyl (C=S) groups is 1. The molecule has 1 aromatic carbocycles. The maximum Gasteiger partial charge on any atom is 0.353 e. The van der Waals surface area contributed by atoms with E-state index in [1.165, 1.54) is 35.1 Å². The second-order valence-electron chi connectivity index (χ2n) is 6.25. The van der Waals surface area contributed by atoms with Crippen LogP contribution < -0.4 is 9.47 Å². The molecule has 2 aromatic heterocycles. The molecule has 1 fully saturated rings. The Hall–Kier alpha value is -2.59. The van der Waals surface area contributed by atoms with E-state index < -0.39 is 5.97 Å². The molecule has 0 unspecified atom stereocenters. The standard InChI is InChI=1S/C21H14ClNO5S3/c1-26-15-9-12(8-14(22)18(15)28-20(25)16-5-3-7-30-16)10-17-19(24)23(21(29)31-17)11-13-4-2-6-27-13/h2-10H,11H2,1H3/b17-10+. The molecule has 4 rings (SSSR count). The number of furan rings is 1. The average Bonchev–Trinajstić information content (AvgIpc) is 3.50. The predicted molar refractivity (Wildman–Crippen MR) is 125 cm³/mol. The van der Waals surface area contributed by atoms with Gasteiger partial charge in [0.2, 0.25) is 0 Å². The van der Waals surface area contributed by atoms with Gasteiger partial charge in [-0.25, -0.2) is 4.79 Å². The number of carbonyl (C=O) groups excluding carboxylic acids is 2. The number of amides is 1. The van der Waals surface area contributed by atoms with Crippen LogP contribution in [0.3, 0.4) is 0 Å². The molecule has 1 amide bonds. The normalized spacial score (nSPS) is 15.0. The summed E-state index contributed by atoms with van der Waals surface area (Å²) in [6.07, 6.45) is 3.21. The fraction of sp³-hybridized carbons (Fsp3) is 0.0952. The minimum Gasteiger partial charge on any atom is -0.493 e. The maximum absolute atomic E-state index is 12.8. The van der Waals surface area contributed by atoms with Crippen LogP contribution in [-0.2, 0) is 11.3 Å². The van der Waals surface area contributed by atoms with Crippen LogP contribution in [-0.4, -0.2) is 28.2 Å². The zero-order valence-corrected chi connectivity index (χ0v) is 19.2. The van der Waals surface area contributed by atoms with Gasteiger partial charge in [-0.1, -0.05) is 41.6 Å². The zero-order chi connectivity index (χ0) is 22.0. The van der Waals surface area contributed by atoms with Gasteiger partial charge in [0.1, 0.15) is 15.0 Å². The van der Waals surface area contributed by atoms with Crippen molar-refractivity contribution in [1.29, 1.82) is 0 Å². The summed E-state index contributed by atoms with van der Waals surface area (Å²) in [6, 6.07) is 10.2. The molecule has 0 aliphatic carbocycles. The van der Waals surface area contributed by atoms with E-state index in [9.17, 15) is 9.59 Å². The van der Waals surface area contributed by atoms with Gasteiger partial charge in [-0.15, -0.1) is 11.3 Å². The van der Waals surface area contributed by atoms with Crippen molar-refractivity contribution in [3.05, 3.63) is 74.2 Å². The molecule has 3 aromatic rings. The Labute approximate surface area is 196 Å². The first kappa shape index (κ1) is 21.6. The van der Waals surface area contributed by atoms with Crippen molar-refractivity contribution in [1.82, 2.24) is 4.90 Å². The van der Waals surface area contributed by atoms with E-state index >= 15 is 0 Å². The molecular formula is C21H14ClNO5S3. The van der Waals surface area contributed by atoms with Crippen LogP contribution in [0, 0.1) is 0 Å². The SMILES string of the molecule is COc1cc(/C=C2/SC(=S)N(Cc3ccco3)C2=O)cc(Cl)c1OC(=O)c1cccs1. The van der Waals surface area contributed by atoms with E-state index in [-0.39, 0.29) is 29.0 Å². The van der Waals surface area contributed by atoms with Crippen LogP contribution in [0.25, 0.3) is 6.08 Å². The first-order valence-corrected chi connectivity index (χ1v) is 11.4. The molecule has 158 valence electrons. The molecule has 0 radical (unpaired) electrons. The first-order chi connectivity index (χ1) is 15.0. The minimum absolute atomic E-state index is 0.116. The fourth-order valence-corrected chi connectivity index (χ4v) is 4.92. The number of methoxy groups -OCH3 is 1. The quantitative estimate of drug-likeness (QED) is 0.192. The topological polar surface area (TPSA) is 69.0 Å². The molecule has 10 heteroatoms. The number of ether oxygens (including phenoxy) is 2. The Balaban J connectivity index is 1.58. The lowest BCUT2D eigenvalue weighted by molar-refractivity contribution is -0.122. The summed E-state index contributed by atoms with van der Waals surface area (Å²) in [4.78, 5) is 27.5. The van der Waals surface area contributed by atoms with Crippen molar-refractivity contribution in [2.24, 2.45) is 0 Å². The zero-order valence-electron chi connectivity index (χ0n) is 16.0. The lowest BCUT2D eigenvalue weighted by atomic mass is 10.1. The number of hydrogen-bond acceptors (Lipinski definition) is 8. The predicted octanol–water partition coefficient (Wildman–Crippen LogP) is 5.62. The summed E-state index contributed by atoms with van der Waals surface area (Å²) in [5.41, 5.74) is 0.608. The van der Waals surface area contributed by atoms with Crippen LogP contribution in [0.15, 0.2) is 57.4 Å². The van der Waals surface area contributed by atoms with Gasteiger partial charge in [0.25, 0.3) is 5.91 Å². The number of carbonyl (C=O) groups is 2. The number of esters is 1. The summed E-state index contributed by atoms with van der Waals surface area (Å²) in [6.45, 7) is 0.261. The van der Waals surface area contributed by atoms with Crippen LogP contribution in [0.5, 0.6) is 11.5 Å². The Morgan fingerprint density at radius 2 is 2.16 bits per heavy atom. The Bertz CT molecular complexity index is 1170. The van der Waals surface area contributed by atoms with Crippen molar-refractivity contribution >= 4 is 69.2 Å². The van der Waals surface area contributed by atoms with Crippen molar-refractivity contribution < 1.29 is 23.5 Å². The second-order valence-corrected chi connectivity index (χ2v) is 9.28. The maximum atomic E-state index is 12.8. The number of benzene rings is 1. The number of rotatable bonds is 6. The van der Waals surface area contributed by atoms with Gasteiger partial charge in [-0.3, -0.25) is 9.69 Å². The molecule has 6 nitrogen and oxygen atoms in total. The number of thioether (sulfide) groups is 1. The van der Waals surface area contributed by atoms with Crippen molar-refractivity contribution in [3.8, 4) is 11.5 Å². The van der Waals surface area contributed by atoms with Crippen molar-refractivity contribution in [2.45, 2.75) is 6.54 Å². The van der Waals surface area contributed by atoms with Gasteiger partial charge in [0, 0.05) is 0 Å². The molecule has 0 atom stereocenters. The van der Waals surface area contributed by atoms with Gasteiger partial charge in [-0.05, 0) is 47.4 Å². The number of nitrogens with zero attached hydrogens (tertiary/aromatic N) is 1. The van der Waals surface area contributed by atoms with Crippen LogP contribution in [0.4, 0.5) is 0 Å². The van der Waals surface area contributed by atoms with Crippen LogP contribution in [0.1, 0.15) is 21.0 Å². The molecule has 0 spiro atoms. The molecule has 1 saturated heterocycles. The molecule has 1 aliphatic heterocycles. The van der Waals surface area contributed by atoms with Crippen LogP contribution >= 0.6 is 46.9 Å². The molecule has 0 N–H and O–H groups in total. The summed E-state index contributed by atoms with van der Waals surface area (Å²) in [5, 5.41) is 1.96. The monoisotopic (exact) mass is 491 g/mol. The highest BCUT2D eigenvalue weighted by molar-refractivity contribution is 8.26. The first-order valence-electron chi connectivity index (χ1n) is 8.87. The summed E-state index contributed by atoms with van der Waals surface area (Å²) >= 11 is 14.2. The van der Waals surface area contributed by atoms with E-state index in [1.54, 1.807) is 54.1 Å². The Morgan fingerprint density at radius 3 is 2.84 bits per heavy atom. The third-order valence-corrected chi connectivity index (χ3v) is 6.74. The molecule has 0 saturated carbocycles. The van der Waals surface area contributed by atoms with E-state index in [1.807, 2.05) is 0 Å². The second kappa shape index (κ2) is 9.27. The highest BCUT2D eigenvalue weighted by Crippen LogP contribution is 2.39. The molecular weight excluding hydrogens is 478 g/mol. The minimum atomic E-state index is -0.526. The van der Waals surface area contributed by atoms with E-state index in [0.717, 1.165) is 0 Å². The van der Waals surface area contributed by atoms with Gasteiger partial charge in [0.15, 0.2) is 11.5 Å². The number of halogens is 1. The molecule has 1 aliphatic rings. The van der Waals surface area contributed by atoms with Gasteiger partial charge in [0.05, 0.1) is 29.8 Å². The van der Waals surface area contributed by atoms with Crippen molar-refractivity contribution in [3.63, 3.8) is 0 Å². The molecule has 31 heavy (non-hydrogen) atoms. The Kier molecular flexibility index (Phi) is 6.47. The fourth-order valence-electron chi connectivity index (χ4n) is 2.81. The van der Waals surface area contributed by atoms with Gasteiger partial charge < -0.3 is 13.9 Å². The van der Waals surface area contributed by atoms with Gasteiger partial charge >= 0.3 is 5.97 Å². The van der Waals surface area contributed by atoms with Crippen molar-refractivity contribution in [2.75, 3.05) is 7.11 Å². The Morgan fingerprint density at radius 1 is 1.32 bits per heavy atom. The van der Waals surface area contributed by atoms with Crippen LogP contribution in [0.2, 0.25) is 5.02 Å². The lowest BCUT2D eigenvalue weighted by Gasteiger charge is -2.12. The number of hydrogen-bond donors (Lipinski definition) is 0. The average molecular weight is 492 g/mol. The third kappa shape index (κ3) is 4.69. The molecule has 0 bridgehead atoms. The smallest absolute Gasteiger partial charge is 0.353 e.